The number of halogens is 4. The average molecular weight is 536 g/mol. The number of nitrogens with zero attached hydrogens (tertiary/aromatic N) is 1. The molecule has 0 fully saturated rings. The van der Waals surface area contributed by atoms with Gasteiger partial charge in [0.2, 0.25) is 10.0 Å². The Morgan fingerprint density at radius 1 is 1.11 bits per heavy atom. The van der Waals surface area contributed by atoms with Gasteiger partial charge in [0.15, 0.2) is 5.96 Å². The van der Waals surface area contributed by atoms with Gasteiger partial charge in [-0.15, -0.1) is 24.0 Å². The van der Waals surface area contributed by atoms with Crippen LogP contribution in [0.3, 0.4) is 0 Å². The van der Waals surface area contributed by atoms with E-state index in [0.29, 0.717) is 18.1 Å². The van der Waals surface area contributed by atoms with Crippen LogP contribution in [-0.2, 0) is 22.3 Å². The first-order valence-corrected chi connectivity index (χ1v) is 10.3. The van der Waals surface area contributed by atoms with Crippen molar-refractivity contribution in [2.75, 3.05) is 13.1 Å². The fourth-order valence-corrected chi connectivity index (χ4v) is 3.63. The first-order valence-electron chi connectivity index (χ1n) is 8.67. The van der Waals surface area contributed by atoms with Gasteiger partial charge in [-0.25, -0.2) is 18.1 Å². The summed E-state index contributed by atoms with van der Waals surface area (Å²) < 4.78 is 63.0. The van der Waals surface area contributed by atoms with Crippen LogP contribution in [0.5, 0.6) is 0 Å². The van der Waals surface area contributed by atoms with E-state index in [1.165, 1.54) is 0 Å². The molecular formula is C17H28F3IN4O2S. The quantitative estimate of drug-likeness (QED) is 0.258. The predicted molar refractivity (Wildman–Crippen MR) is 116 cm³/mol. The van der Waals surface area contributed by atoms with Crippen LogP contribution in [-0.4, -0.2) is 39.7 Å². The molecule has 0 aliphatic carbocycles. The summed E-state index contributed by atoms with van der Waals surface area (Å²) in [5.41, 5.74) is 1.46. The van der Waals surface area contributed by atoms with Crippen molar-refractivity contribution in [1.82, 2.24) is 15.4 Å². The number of guanidine groups is 1. The summed E-state index contributed by atoms with van der Waals surface area (Å²) in [6.07, 6.45) is -5.16. The lowest BCUT2D eigenvalue weighted by Gasteiger charge is -2.12. The maximum Gasteiger partial charge on any atom is 0.390 e. The van der Waals surface area contributed by atoms with Crippen molar-refractivity contribution < 1.29 is 21.6 Å². The van der Waals surface area contributed by atoms with Gasteiger partial charge in [-0.3, -0.25) is 0 Å². The highest BCUT2D eigenvalue weighted by atomic mass is 127. The largest absolute Gasteiger partial charge is 0.390 e. The molecular weight excluding hydrogens is 508 g/mol. The van der Waals surface area contributed by atoms with E-state index >= 15 is 0 Å². The molecule has 1 rings (SSSR count). The van der Waals surface area contributed by atoms with Crippen molar-refractivity contribution >= 4 is 40.0 Å². The van der Waals surface area contributed by atoms with Gasteiger partial charge in [0.25, 0.3) is 0 Å². The monoisotopic (exact) mass is 536 g/mol. The maximum absolute atomic E-state index is 12.2. The molecule has 0 radical (unpaired) electrons. The van der Waals surface area contributed by atoms with Crippen LogP contribution in [0.25, 0.3) is 0 Å². The number of alkyl halides is 3. The van der Waals surface area contributed by atoms with Crippen LogP contribution < -0.4 is 15.4 Å². The molecule has 1 aromatic rings. The summed E-state index contributed by atoms with van der Waals surface area (Å²) in [5, 5.41) is 5.52. The van der Waals surface area contributed by atoms with Crippen LogP contribution in [0.4, 0.5) is 13.2 Å². The molecule has 1 aromatic carbocycles. The molecule has 6 nitrogen and oxygen atoms in total. The molecule has 3 N–H and O–H groups in total. The van der Waals surface area contributed by atoms with Crippen LogP contribution in [0.1, 0.15) is 38.3 Å². The summed E-state index contributed by atoms with van der Waals surface area (Å²) in [5.74, 6) is 0.186. The second-order valence-electron chi connectivity index (χ2n) is 6.34. The van der Waals surface area contributed by atoms with Crippen molar-refractivity contribution in [2.24, 2.45) is 4.99 Å². The Morgan fingerprint density at radius 3 is 2.18 bits per heavy atom. The summed E-state index contributed by atoms with van der Waals surface area (Å²) in [6, 6.07) is 6.74. The minimum Gasteiger partial charge on any atom is -0.357 e. The molecule has 0 atom stereocenters. The Labute approximate surface area is 181 Å². The van der Waals surface area contributed by atoms with Gasteiger partial charge in [-0.2, -0.15) is 13.2 Å². The fourth-order valence-electron chi connectivity index (χ4n) is 2.20. The van der Waals surface area contributed by atoms with Crippen LogP contribution >= 0.6 is 24.0 Å². The van der Waals surface area contributed by atoms with E-state index in [4.69, 9.17) is 0 Å². The molecule has 0 aliphatic heterocycles. The van der Waals surface area contributed by atoms with E-state index in [1.807, 2.05) is 6.92 Å². The molecule has 0 aliphatic rings. The number of hydrogen-bond acceptors (Lipinski definition) is 3. The fraction of sp³-hybridized carbons (Fsp3) is 0.588. The third kappa shape index (κ3) is 12.4. The van der Waals surface area contributed by atoms with Gasteiger partial charge in [0.1, 0.15) is 0 Å². The molecule has 0 unspecified atom stereocenters. The molecule has 11 heteroatoms. The smallest absolute Gasteiger partial charge is 0.357 e. The summed E-state index contributed by atoms with van der Waals surface area (Å²) >= 11 is 0. The zero-order valence-electron chi connectivity index (χ0n) is 16.1. The summed E-state index contributed by atoms with van der Waals surface area (Å²) in [7, 11) is -3.39. The van der Waals surface area contributed by atoms with Gasteiger partial charge >= 0.3 is 6.18 Å². The van der Waals surface area contributed by atoms with Crippen LogP contribution in [0.15, 0.2) is 29.3 Å². The molecule has 162 valence electrons. The van der Waals surface area contributed by atoms with Gasteiger partial charge in [-0.05, 0) is 31.9 Å². The Morgan fingerprint density at radius 2 is 1.68 bits per heavy atom. The van der Waals surface area contributed by atoms with Crippen molar-refractivity contribution in [3.63, 3.8) is 0 Å². The Hall–Kier alpha value is -1.08. The highest BCUT2D eigenvalue weighted by molar-refractivity contribution is 14.0. The summed E-state index contributed by atoms with van der Waals surface area (Å²) in [6.45, 7) is 5.86. The topological polar surface area (TPSA) is 82.6 Å². The van der Waals surface area contributed by atoms with Crippen molar-refractivity contribution in [2.45, 2.75) is 51.7 Å². The minimum absolute atomic E-state index is 0. The van der Waals surface area contributed by atoms with Gasteiger partial charge in [0, 0.05) is 19.1 Å². The normalized spacial score (nSPS) is 12.6. The van der Waals surface area contributed by atoms with E-state index in [-0.39, 0.29) is 48.9 Å². The van der Waals surface area contributed by atoms with E-state index in [0.717, 1.165) is 5.56 Å². The number of aliphatic imine (C=N–C) groups is 1. The Kier molecular flexibility index (Phi) is 12.0. The van der Waals surface area contributed by atoms with Crippen LogP contribution in [0.2, 0.25) is 0 Å². The SMILES string of the molecule is CCNC(=NCc1ccc(CS(=O)(=O)NC(C)C)cc1)NCCC(F)(F)F.I. The van der Waals surface area contributed by atoms with Crippen LogP contribution in [0, 0.1) is 0 Å². The number of rotatable bonds is 9. The second kappa shape index (κ2) is 12.5. The third-order valence-electron chi connectivity index (χ3n) is 3.26. The summed E-state index contributed by atoms with van der Waals surface area (Å²) in [4.78, 5) is 4.24. The van der Waals surface area contributed by atoms with Crippen molar-refractivity contribution in [3.8, 4) is 0 Å². The Bertz CT molecular complexity index is 708. The zero-order valence-corrected chi connectivity index (χ0v) is 19.3. The molecule has 0 heterocycles. The molecule has 0 saturated carbocycles. The first-order chi connectivity index (χ1) is 12.5. The van der Waals surface area contributed by atoms with E-state index in [9.17, 15) is 21.6 Å². The molecule has 0 bridgehead atoms. The van der Waals surface area contributed by atoms with E-state index in [2.05, 4.69) is 20.3 Å². The maximum atomic E-state index is 12.2. The first kappa shape index (κ1) is 26.9. The lowest BCUT2D eigenvalue weighted by Crippen LogP contribution is -2.38. The molecule has 0 saturated heterocycles. The Balaban J connectivity index is 0.00000729. The van der Waals surface area contributed by atoms with Gasteiger partial charge in [0.05, 0.1) is 18.7 Å². The molecule has 0 spiro atoms. The second-order valence-corrected chi connectivity index (χ2v) is 8.09. The number of sulfonamides is 1. The van der Waals surface area contributed by atoms with E-state index < -0.39 is 22.6 Å². The zero-order chi connectivity index (χ0) is 20.5. The van der Waals surface area contributed by atoms with Crippen molar-refractivity contribution in [1.29, 1.82) is 0 Å². The molecule has 0 amide bonds. The van der Waals surface area contributed by atoms with E-state index in [1.54, 1.807) is 38.1 Å². The average Bonchev–Trinajstić information content (AvgIpc) is 2.51. The van der Waals surface area contributed by atoms with Crippen molar-refractivity contribution in [3.05, 3.63) is 35.4 Å². The number of benzene rings is 1. The highest BCUT2D eigenvalue weighted by Crippen LogP contribution is 2.18. The third-order valence-corrected chi connectivity index (χ3v) is 4.80. The number of nitrogens with one attached hydrogen (secondary N) is 3. The highest BCUT2D eigenvalue weighted by Gasteiger charge is 2.26. The predicted octanol–water partition coefficient (Wildman–Crippen LogP) is 3.14. The molecule has 0 aromatic heterocycles. The minimum atomic E-state index is -4.22. The van der Waals surface area contributed by atoms with Gasteiger partial charge < -0.3 is 10.6 Å². The standard InChI is InChI=1S/C17H27F3N4O2S.HI/c1-4-21-16(22-10-9-17(18,19)20)23-11-14-5-7-15(8-6-14)12-27(25,26)24-13(2)3;/h5-8,13,24H,4,9-12H2,1-3H3,(H2,21,22,23);1H. The lowest BCUT2D eigenvalue weighted by atomic mass is 10.1. The van der Waals surface area contributed by atoms with Gasteiger partial charge in [-0.1, -0.05) is 24.3 Å². The number of hydrogen-bond donors (Lipinski definition) is 3. The lowest BCUT2D eigenvalue weighted by molar-refractivity contribution is -0.132. The molecule has 28 heavy (non-hydrogen) atoms.